The van der Waals surface area contributed by atoms with Crippen LogP contribution in [0.15, 0.2) is 60.8 Å². The number of cyclic esters (lactones) is 1. The molecular weight excluding hydrogens is 427 g/mol. The highest BCUT2D eigenvalue weighted by Crippen LogP contribution is 2.41. The van der Waals surface area contributed by atoms with E-state index in [-0.39, 0.29) is 6.42 Å². The molecule has 0 amide bonds. The summed E-state index contributed by atoms with van der Waals surface area (Å²) in [6.45, 7) is 4.32. The number of hydrogen-bond donors (Lipinski definition) is 3. The van der Waals surface area contributed by atoms with E-state index in [4.69, 9.17) is 14.0 Å². The summed E-state index contributed by atoms with van der Waals surface area (Å²) >= 11 is 0. The number of aliphatic hydroxyl groups is 1. The Morgan fingerprint density at radius 3 is 2.61 bits per heavy atom. The van der Waals surface area contributed by atoms with Crippen molar-refractivity contribution < 1.29 is 43.0 Å². The molecule has 4 unspecified atom stereocenters. The maximum atomic E-state index is 11.5. The molecule has 10 heteroatoms. The van der Waals surface area contributed by atoms with Gasteiger partial charge in [0.1, 0.15) is 23.9 Å². The zero-order chi connectivity index (χ0) is 23.5. The fourth-order valence-corrected chi connectivity index (χ4v) is 3.26. The molecule has 1 aliphatic heterocycles. The first-order chi connectivity index (χ1) is 14.4. The van der Waals surface area contributed by atoms with Crippen molar-refractivity contribution in [3.05, 3.63) is 60.8 Å². The number of phosphoric ester groups is 1. The topological polar surface area (TPSA) is 140 Å². The summed E-state index contributed by atoms with van der Waals surface area (Å²) in [6, 6.07) is 0. The predicted octanol–water partition coefficient (Wildman–Crippen LogP) is 2.65. The second-order valence-electron chi connectivity index (χ2n) is 6.96. The van der Waals surface area contributed by atoms with Gasteiger partial charge in [-0.2, -0.15) is 0 Å². The minimum atomic E-state index is -4.99. The molecule has 1 heterocycles. The number of carbonyl (C=O) groups is 2. The zero-order valence-corrected chi connectivity index (χ0v) is 18.6. The van der Waals surface area contributed by atoms with Gasteiger partial charge in [0, 0.05) is 25.8 Å². The highest BCUT2D eigenvalue weighted by atomic mass is 31.2. The zero-order valence-electron chi connectivity index (χ0n) is 17.7. The van der Waals surface area contributed by atoms with E-state index >= 15 is 0 Å². The lowest BCUT2D eigenvalue weighted by atomic mass is 9.93. The van der Waals surface area contributed by atoms with Crippen LogP contribution in [0.3, 0.4) is 0 Å². The van der Waals surface area contributed by atoms with E-state index in [1.165, 1.54) is 38.2 Å². The maximum absolute atomic E-state index is 11.5. The number of esters is 2. The van der Waals surface area contributed by atoms with E-state index in [9.17, 15) is 29.0 Å². The van der Waals surface area contributed by atoms with E-state index in [0.717, 1.165) is 0 Å². The van der Waals surface area contributed by atoms with E-state index in [1.54, 1.807) is 30.4 Å². The average Bonchev–Trinajstić information content (AvgIpc) is 2.64. The molecule has 3 N–H and O–H groups in total. The van der Waals surface area contributed by atoms with Gasteiger partial charge in [-0.1, -0.05) is 42.5 Å². The molecule has 0 radical (unpaired) electrons. The fourth-order valence-electron chi connectivity index (χ4n) is 2.63. The van der Waals surface area contributed by atoms with Crippen molar-refractivity contribution in [3.8, 4) is 0 Å². The van der Waals surface area contributed by atoms with E-state index in [1.807, 2.05) is 13.0 Å². The second-order valence-corrected chi connectivity index (χ2v) is 8.15. The highest BCUT2D eigenvalue weighted by Gasteiger charge is 2.38. The normalized spacial score (nSPS) is 21.6. The lowest BCUT2D eigenvalue weighted by Crippen LogP contribution is -2.42. The maximum Gasteiger partial charge on any atom is 0.469 e. The SMILES string of the molecule is C/C=C/C=C/C=C/C(CC(OP(=O)(O)O)C(C)(O)/C=C/C1CC=CC(=O)O1)OC(C)=O. The Labute approximate surface area is 181 Å². The Morgan fingerprint density at radius 1 is 1.35 bits per heavy atom. The molecule has 4 atom stereocenters. The summed E-state index contributed by atoms with van der Waals surface area (Å²) < 4.78 is 26.5. The molecule has 0 fully saturated rings. The number of allylic oxidation sites excluding steroid dienone is 5. The van der Waals surface area contributed by atoms with Crippen LogP contribution in [0.25, 0.3) is 0 Å². The third kappa shape index (κ3) is 11.6. The van der Waals surface area contributed by atoms with Crippen LogP contribution >= 0.6 is 7.82 Å². The molecule has 1 rings (SSSR count). The molecule has 172 valence electrons. The van der Waals surface area contributed by atoms with Crippen molar-refractivity contribution in [2.24, 2.45) is 0 Å². The monoisotopic (exact) mass is 456 g/mol. The number of ether oxygens (including phenoxy) is 2. The first-order valence-electron chi connectivity index (χ1n) is 9.59. The van der Waals surface area contributed by atoms with Gasteiger partial charge in [0.25, 0.3) is 0 Å². The molecule has 0 aromatic carbocycles. The molecular formula is C21H29O9P. The van der Waals surface area contributed by atoms with Crippen LogP contribution in [-0.2, 0) is 28.2 Å². The average molecular weight is 456 g/mol. The lowest BCUT2D eigenvalue weighted by molar-refractivity contribution is -0.146. The summed E-state index contributed by atoms with van der Waals surface area (Å²) in [6.07, 6.45) is 12.8. The quantitative estimate of drug-likeness (QED) is 0.185. The van der Waals surface area contributed by atoms with Crippen LogP contribution in [0.1, 0.15) is 33.6 Å². The third-order valence-corrected chi connectivity index (χ3v) is 4.60. The molecule has 9 nitrogen and oxygen atoms in total. The lowest BCUT2D eigenvalue weighted by Gasteiger charge is -2.32. The van der Waals surface area contributed by atoms with Gasteiger partial charge in [-0.05, 0) is 26.0 Å². The molecule has 0 spiro atoms. The Hall–Kier alpha value is -2.29. The summed E-state index contributed by atoms with van der Waals surface area (Å²) in [5.74, 6) is -1.15. The summed E-state index contributed by atoms with van der Waals surface area (Å²) in [4.78, 5) is 41.4. The van der Waals surface area contributed by atoms with Crippen molar-refractivity contribution in [1.29, 1.82) is 0 Å². The molecule has 0 saturated heterocycles. The highest BCUT2D eigenvalue weighted by molar-refractivity contribution is 7.46. The van der Waals surface area contributed by atoms with Crippen LogP contribution in [0.4, 0.5) is 0 Å². The minimum absolute atomic E-state index is 0.250. The van der Waals surface area contributed by atoms with Gasteiger partial charge in [-0.15, -0.1) is 0 Å². The summed E-state index contributed by atoms with van der Waals surface area (Å²) in [5.41, 5.74) is -1.89. The van der Waals surface area contributed by atoms with E-state index < -0.39 is 43.7 Å². The predicted molar refractivity (Wildman–Crippen MR) is 114 cm³/mol. The third-order valence-electron chi connectivity index (χ3n) is 4.07. The van der Waals surface area contributed by atoms with Gasteiger partial charge in [0.15, 0.2) is 0 Å². The van der Waals surface area contributed by atoms with Gasteiger partial charge >= 0.3 is 19.8 Å². The number of phosphoric acid groups is 1. The summed E-state index contributed by atoms with van der Waals surface area (Å²) in [7, 11) is -4.99. The number of rotatable bonds is 11. The molecule has 31 heavy (non-hydrogen) atoms. The van der Waals surface area contributed by atoms with Gasteiger partial charge in [0.2, 0.25) is 0 Å². The Bertz CT molecular complexity index is 802. The molecule has 0 bridgehead atoms. The first-order valence-corrected chi connectivity index (χ1v) is 11.1. The fraction of sp³-hybridized carbons (Fsp3) is 0.429. The van der Waals surface area contributed by atoms with Gasteiger partial charge in [-0.3, -0.25) is 9.32 Å². The molecule has 1 aliphatic rings. The van der Waals surface area contributed by atoms with Crippen LogP contribution in [0.2, 0.25) is 0 Å². The number of hydrogen-bond acceptors (Lipinski definition) is 7. The van der Waals surface area contributed by atoms with E-state index in [0.29, 0.717) is 6.42 Å². The van der Waals surface area contributed by atoms with Crippen molar-refractivity contribution >= 4 is 19.8 Å². The van der Waals surface area contributed by atoms with Crippen molar-refractivity contribution in [3.63, 3.8) is 0 Å². The number of carbonyl (C=O) groups excluding carboxylic acids is 2. The largest absolute Gasteiger partial charge is 0.469 e. The van der Waals surface area contributed by atoms with Gasteiger partial charge in [-0.25, -0.2) is 9.36 Å². The minimum Gasteiger partial charge on any atom is -0.458 e. The first kappa shape index (κ1) is 26.7. The Kier molecular flexibility index (Phi) is 10.8. The van der Waals surface area contributed by atoms with Crippen LogP contribution in [-0.4, -0.2) is 50.7 Å². The molecule has 0 saturated carbocycles. The summed E-state index contributed by atoms with van der Waals surface area (Å²) in [5, 5.41) is 10.9. The van der Waals surface area contributed by atoms with E-state index in [2.05, 4.69) is 0 Å². The van der Waals surface area contributed by atoms with Gasteiger partial charge < -0.3 is 24.4 Å². The second kappa shape index (κ2) is 12.5. The van der Waals surface area contributed by atoms with Crippen LogP contribution in [0.5, 0.6) is 0 Å². The van der Waals surface area contributed by atoms with Crippen molar-refractivity contribution in [2.75, 3.05) is 0 Å². The Balaban J connectivity index is 3.06. The molecule has 0 aromatic heterocycles. The van der Waals surface area contributed by atoms with Crippen molar-refractivity contribution in [1.82, 2.24) is 0 Å². The van der Waals surface area contributed by atoms with Crippen molar-refractivity contribution in [2.45, 2.75) is 57.5 Å². The Morgan fingerprint density at radius 2 is 2.03 bits per heavy atom. The van der Waals surface area contributed by atoms with Gasteiger partial charge in [0.05, 0.1) is 0 Å². The van der Waals surface area contributed by atoms with Crippen LogP contribution in [0, 0.1) is 0 Å². The smallest absolute Gasteiger partial charge is 0.458 e. The molecule has 0 aromatic rings. The van der Waals surface area contributed by atoms with Crippen LogP contribution < -0.4 is 0 Å². The molecule has 0 aliphatic carbocycles. The standard InChI is InChI=1S/C21H29O9P/c1-4-5-6-7-8-10-18(28-16(2)22)15-19(30-31(25,26)27)21(3,24)14-13-17-11-9-12-20(23)29-17/h4-10,12-14,17-19,24H,11,15H2,1-3H3,(H2,25,26,27)/b5-4+,7-6+,10-8+,14-13+.